The minimum Gasteiger partial charge on any atom is -0.348 e. The highest BCUT2D eigenvalue weighted by Gasteiger charge is 2.37. The number of carbonyl (C=O) groups is 1. The van der Waals surface area contributed by atoms with Crippen LogP contribution in [-0.4, -0.2) is 20.7 Å². The summed E-state index contributed by atoms with van der Waals surface area (Å²) in [4.78, 5) is 16.3. The fraction of sp³-hybridized carbons (Fsp3) is 0.211. The fourth-order valence-corrected chi connectivity index (χ4v) is 2.75. The van der Waals surface area contributed by atoms with Gasteiger partial charge in [0.05, 0.1) is 16.8 Å². The third-order valence-corrected chi connectivity index (χ3v) is 4.21. The van der Waals surface area contributed by atoms with E-state index in [0.29, 0.717) is 23.3 Å². The predicted octanol–water partition coefficient (Wildman–Crippen LogP) is 4.45. The molecule has 2 heterocycles. The molecule has 0 atom stereocenters. The van der Waals surface area contributed by atoms with Gasteiger partial charge in [-0.15, -0.1) is 0 Å². The highest BCUT2D eigenvalue weighted by atomic mass is 19.4. The molecule has 0 aliphatic heterocycles. The van der Waals surface area contributed by atoms with Gasteiger partial charge in [-0.1, -0.05) is 0 Å². The van der Waals surface area contributed by atoms with Gasteiger partial charge in [0.15, 0.2) is 0 Å². The molecule has 0 radical (unpaired) electrons. The second-order valence-corrected chi connectivity index (χ2v) is 6.40. The maximum atomic E-state index is 12.9. The third-order valence-electron chi connectivity index (χ3n) is 4.21. The van der Waals surface area contributed by atoms with Crippen molar-refractivity contribution in [1.82, 2.24) is 20.1 Å². The Hall–Kier alpha value is -3.37. The molecule has 0 saturated carbocycles. The molecule has 0 spiro atoms. The van der Waals surface area contributed by atoms with Crippen molar-refractivity contribution in [2.75, 3.05) is 0 Å². The first kappa shape index (κ1) is 21.3. The van der Waals surface area contributed by atoms with E-state index >= 15 is 0 Å². The van der Waals surface area contributed by atoms with Gasteiger partial charge in [0, 0.05) is 43.3 Å². The Labute approximate surface area is 166 Å². The van der Waals surface area contributed by atoms with Crippen LogP contribution < -0.4 is 5.32 Å². The van der Waals surface area contributed by atoms with Gasteiger partial charge in [-0.2, -0.15) is 31.4 Å². The van der Waals surface area contributed by atoms with Crippen LogP contribution in [0.5, 0.6) is 0 Å². The van der Waals surface area contributed by atoms with Gasteiger partial charge in [0.2, 0.25) is 0 Å². The first-order chi connectivity index (χ1) is 13.9. The summed E-state index contributed by atoms with van der Waals surface area (Å²) in [6.45, 7) is -0.144. The molecule has 0 bridgehead atoms. The largest absolute Gasteiger partial charge is 0.416 e. The van der Waals surface area contributed by atoms with Crippen molar-refractivity contribution in [2.45, 2.75) is 18.9 Å². The molecule has 1 amide bonds. The lowest BCUT2D eigenvalue weighted by atomic mass is 10.0. The Kier molecular flexibility index (Phi) is 5.55. The fourth-order valence-electron chi connectivity index (χ4n) is 2.75. The van der Waals surface area contributed by atoms with Crippen LogP contribution in [0.3, 0.4) is 0 Å². The summed E-state index contributed by atoms with van der Waals surface area (Å²) in [5, 5.41) is 6.35. The summed E-state index contributed by atoms with van der Waals surface area (Å²) in [6, 6.07) is 4.15. The number of alkyl halides is 6. The van der Waals surface area contributed by atoms with Crippen LogP contribution in [0.1, 0.15) is 27.0 Å². The number of hydrogen-bond donors (Lipinski definition) is 1. The average molecular weight is 428 g/mol. The Morgan fingerprint density at radius 1 is 1.00 bits per heavy atom. The number of nitrogens with one attached hydrogen (secondary N) is 1. The van der Waals surface area contributed by atoms with Gasteiger partial charge in [-0.05, 0) is 35.9 Å². The molecular formula is C19H14F6N4O. The van der Waals surface area contributed by atoms with Crippen molar-refractivity contribution in [2.24, 2.45) is 7.05 Å². The van der Waals surface area contributed by atoms with Gasteiger partial charge in [-0.3, -0.25) is 14.5 Å². The Bertz CT molecular complexity index is 1040. The number of aromatic nitrogens is 3. The normalized spacial score (nSPS) is 12.1. The Morgan fingerprint density at radius 3 is 2.17 bits per heavy atom. The number of rotatable bonds is 4. The van der Waals surface area contributed by atoms with Crippen molar-refractivity contribution in [1.29, 1.82) is 0 Å². The number of pyridine rings is 1. The summed E-state index contributed by atoms with van der Waals surface area (Å²) in [6.07, 6.45) is -5.50. The number of benzene rings is 1. The maximum Gasteiger partial charge on any atom is 0.416 e. The molecule has 3 rings (SSSR count). The van der Waals surface area contributed by atoms with Crippen LogP contribution in [-0.2, 0) is 25.9 Å². The van der Waals surface area contributed by atoms with Crippen LogP contribution in [0.15, 0.2) is 48.9 Å². The molecule has 0 unspecified atom stereocenters. The molecule has 11 heteroatoms. The van der Waals surface area contributed by atoms with Crippen LogP contribution in [0, 0.1) is 0 Å². The minimum absolute atomic E-state index is 0.0297. The lowest BCUT2D eigenvalue weighted by molar-refractivity contribution is -0.143. The maximum absolute atomic E-state index is 12.9. The lowest BCUT2D eigenvalue weighted by Gasteiger charge is -2.14. The van der Waals surface area contributed by atoms with Crippen LogP contribution >= 0.6 is 0 Å². The van der Waals surface area contributed by atoms with Crippen LogP contribution in [0.4, 0.5) is 26.3 Å². The van der Waals surface area contributed by atoms with Crippen molar-refractivity contribution in [3.8, 4) is 11.3 Å². The van der Waals surface area contributed by atoms with Gasteiger partial charge in [0.25, 0.3) is 5.91 Å². The lowest BCUT2D eigenvalue weighted by Crippen LogP contribution is -2.24. The topological polar surface area (TPSA) is 59.8 Å². The van der Waals surface area contributed by atoms with Gasteiger partial charge >= 0.3 is 12.4 Å². The number of halogens is 6. The van der Waals surface area contributed by atoms with E-state index in [-0.39, 0.29) is 12.6 Å². The average Bonchev–Trinajstić information content (AvgIpc) is 3.10. The molecule has 0 aliphatic rings. The molecule has 1 aromatic carbocycles. The van der Waals surface area contributed by atoms with E-state index < -0.39 is 35.0 Å². The number of amides is 1. The zero-order valence-corrected chi connectivity index (χ0v) is 15.3. The SMILES string of the molecule is Cn1nccc1-c1cncc(CNC(=O)c2cc(C(F)(F)F)cc(C(F)(F)F)c2)c1. The van der Waals surface area contributed by atoms with E-state index in [1.54, 1.807) is 36.3 Å². The summed E-state index contributed by atoms with van der Waals surface area (Å²) in [5.74, 6) is -1.07. The second-order valence-electron chi connectivity index (χ2n) is 6.40. The first-order valence-corrected chi connectivity index (χ1v) is 8.45. The van der Waals surface area contributed by atoms with E-state index in [1.165, 1.54) is 6.20 Å². The molecule has 0 fully saturated rings. The summed E-state index contributed by atoms with van der Waals surface area (Å²) < 4.78 is 79.3. The minimum atomic E-state index is -5.03. The molecule has 30 heavy (non-hydrogen) atoms. The Balaban J connectivity index is 1.82. The molecule has 0 saturated heterocycles. The molecule has 3 aromatic rings. The summed E-state index contributed by atoms with van der Waals surface area (Å²) in [5.41, 5.74) is -1.92. The van der Waals surface area contributed by atoms with Crippen molar-refractivity contribution < 1.29 is 31.1 Å². The molecule has 0 aliphatic carbocycles. The van der Waals surface area contributed by atoms with Crippen LogP contribution in [0.2, 0.25) is 0 Å². The molecule has 2 aromatic heterocycles. The van der Waals surface area contributed by atoms with E-state index in [0.717, 1.165) is 5.69 Å². The van der Waals surface area contributed by atoms with Gasteiger partial charge in [-0.25, -0.2) is 0 Å². The number of hydrogen-bond acceptors (Lipinski definition) is 3. The van der Waals surface area contributed by atoms with Crippen molar-refractivity contribution in [3.05, 3.63) is 71.2 Å². The van der Waals surface area contributed by atoms with Crippen molar-refractivity contribution >= 4 is 5.91 Å². The van der Waals surface area contributed by atoms with Crippen LogP contribution in [0.25, 0.3) is 11.3 Å². The third kappa shape index (κ3) is 4.78. The summed E-state index contributed by atoms with van der Waals surface area (Å²) >= 11 is 0. The summed E-state index contributed by atoms with van der Waals surface area (Å²) in [7, 11) is 1.72. The smallest absolute Gasteiger partial charge is 0.348 e. The highest BCUT2D eigenvalue weighted by molar-refractivity contribution is 5.94. The van der Waals surface area contributed by atoms with E-state index in [1.807, 2.05) is 0 Å². The highest BCUT2D eigenvalue weighted by Crippen LogP contribution is 2.36. The zero-order valence-electron chi connectivity index (χ0n) is 15.3. The van der Waals surface area contributed by atoms with E-state index in [4.69, 9.17) is 0 Å². The quantitative estimate of drug-likeness (QED) is 0.625. The zero-order chi connectivity index (χ0) is 22.1. The number of nitrogens with zero attached hydrogens (tertiary/aromatic N) is 3. The van der Waals surface area contributed by atoms with E-state index in [2.05, 4.69) is 15.4 Å². The monoisotopic (exact) mass is 428 g/mol. The number of aryl methyl sites for hydroxylation is 1. The molecule has 1 N–H and O–H groups in total. The predicted molar refractivity (Wildman–Crippen MR) is 94.1 cm³/mol. The van der Waals surface area contributed by atoms with Gasteiger partial charge < -0.3 is 5.32 Å². The Morgan fingerprint density at radius 2 is 1.63 bits per heavy atom. The molecule has 158 valence electrons. The van der Waals surface area contributed by atoms with E-state index in [9.17, 15) is 31.1 Å². The number of carbonyl (C=O) groups excluding carboxylic acids is 1. The molecule has 5 nitrogen and oxygen atoms in total. The first-order valence-electron chi connectivity index (χ1n) is 8.45. The molecular weight excluding hydrogens is 414 g/mol. The van der Waals surface area contributed by atoms with Gasteiger partial charge in [0.1, 0.15) is 0 Å². The second kappa shape index (κ2) is 7.81. The standard InChI is InChI=1S/C19H14F6N4O/c1-29-16(2-3-28-29)13-4-11(8-26-10-13)9-27-17(30)12-5-14(18(20,21)22)7-15(6-12)19(23,24)25/h2-8,10H,9H2,1H3,(H,27,30). The van der Waals surface area contributed by atoms with Crippen molar-refractivity contribution in [3.63, 3.8) is 0 Å².